The number of hydrogen-bond acceptors (Lipinski definition) is 3. The Hall–Kier alpha value is -3.41. The third-order valence-corrected chi connectivity index (χ3v) is 6.14. The Kier molecular flexibility index (Phi) is 7.15. The maximum atomic E-state index is 12.9. The zero-order valence-electron chi connectivity index (χ0n) is 18.7. The van der Waals surface area contributed by atoms with E-state index in [9.17, 15) is 9.59 Å². The lowest BCUT2D eigenvalue weighted by Crippen LogP contribution is -2.48. The largest absolute Gasteiger partial charge is 0.340 e. The summed E-state index contributed by atoms with van der Waals surface area (Å²) in [4.78, 5) is 25.6. The maximum absolute atomic E-state index is 12.9. The highest BCUT2D eigenvalue weighted by Gasteiger charge is 2.25. The second kappa shape index (κ2) is 10.2. The summed E-state index contributed by atoms with van der Waals surface area (Å²) in [5.74, 6) is -1.06. The van der Waals surface area contributed by atoms with Gasteiger partial charge in [0.1, 0.15) is 6.04 Å². The molecule has 34 heavy (non-hydrogen) atoms. The van der Waals surface area contributed by atoms with Gasteiger partial charge in [-0.1, -0.05) is 85.6 Å². The number of benzene rings is 4. The molecule has 2 N–H and O–H groups in total. The molecule has 0 aliphatic carbocycles. The maximum Gasteiger partial charge on any atom is 0.262 e. The molecule has 1 atom stereocenters. The highest BCUT2D eigenvalue weighted by atomic mass is 35.5. The van der Waals surface area contributed by atoms with Crippen LogP contribution in [0.3, 0.4) is 0 Å². The van der Waals surface area contributed by atoms with E-state index in [2.05, 4.69) is 21.9 Å². The summed E-state index contributed by atoms with van der Waals surface area (Å²) in [6.45, 7) is 3.69. The van der Waals surface area contributed by atoms with E-state index in [1.807, 2.05) is 62.4 Å². The third-order valence-electron chi connectivity index (χ3n) is 5.59. The number of hydrogen-bond donors (Lipinski definition) is 2. The Morgan fingerprint density at radius 2 is 1.50 bits per heavy atom. The van der Waals surface area contributed by atoms with Crippen molar-refractivity contribution < 1.29 is 9.59 Å². The van der Waals surface area contributed by atoms with E-state index < -0.39 is 17.9 Å². The minimum atomic E-state index is -0.805. The minimum Gasteiger partial charge on any atom is -0.340 e. The van der Waals surface area contributed by atoms with Crippen LogP contribution >= 0.6 is 23.2 Å². The first-order chi connectivity index (χ1) is 16.3. The van der Waals surface area contributed by atoms with Gasteiger partial charge >= 0.3 is 0 Å². The normalized spacial score (nSPS) is 12.4. The molecule has 0 fully saturated rings. The zero-order chi connectivity index (χ0) is 24.2. The van der Waals surface area contributed by atoms with Gasteiger partial charge in [-0.3, -0.25) is 9.59 Å². The van der Waals surface area contributed by atoms with Crippen LogP contribution in [0.5, 0.6) is 0 Å². The quantitative estimate of drug-likeness (QED) is 0.191. The van der Waals surface area contributed by atoms with Crippen LogP contribution < -0.4 is 10.7 Å². The third kappa shape index (κ3) is 5.06. The first-order valence-corrected chi connectivity index (χ1v) is 11.6. The highest BCUT2D eigenvalue weighted by molar-refractivity contribution is 6.36. The Morgan fingerprint density at radius 3 is 2.09 bits per heavy atom. The van der Waals surface area contributed by atoms with Crippen molar-refractivity contribution >= 4 is 62.8 Å². The second-order valence-electron chi connectivity index (χ2n) is 8.29. The second-order valence-corrected chi connectivity index (χ2v) is 9.13. The summed E-state index contributed by atoms with van der Waals surface area (Å²) < 4.78 is 0. The molecule has 4 aromatic carbocycles. The Morgan fingerprint density at radius 1 is 0.882 bits per heavy atom. The molecule has 0 aromatic heterocycles. The van der Waals surface area contributed by atoms with Gasteiger partial charge in [-0.05, 0) is 51.7 Å². The van der Waals surface area contributed by atoms with E-state index in [0.717, 1.165) is 27.1 Å². The molecule has 0 spiro atoms. The van der Waals surface area contributed by atoms with Crippen molar-refractivity contribution in [1.82, 2.24) is 10.7 Å². The fourth-order valence-electron chi connectivity index (χ4n) is 3.85. The molecule has 0 aliphatic heterocycles. The number of amides is 2. The van der Waals surface area contributed by atoms with Crippen LogP contribution in [0.15, 0.2) is 77.9 Å². The van der Waals surface area contributed by atoms with Gasteiger partial charge in [0.2, 0.25) is 0 Å². The average Bonchev–Trinajstić information content (AvgIpc) is 2.81. The van der Waals surface area contributed by atoms with Gasteiger partial charge in [0, 0.05) is 10.6 Å². The monoisotopic (exact) mass is 491 g/mol. The molecule has 0 saturated carbocycles. The van der Waals surface area contributed by atoms with Gasteiger partial charge < -0.3 is 5.32 Å². The molecule has 2 amide bonds. The SMILES string of the molecule is CC(C)C(NC(=O)c1ccc(Cl)cc1Cl)C(=O)NN=Cc1c2ccccc2cc2ccccc12. The number of rotatable bonds is 6. The van der Waals surface area contributed by atoms with Gasteiger partial charge in [0.15, 0.2) is 0 Å². The lowest BCUT2D eigenvalue weighted by atomic mass is 9.97. The Labute approximate surface area is 207 Å². The van der Waals surface area contributed by atoms with Crippen molar-refractivity contribution in [2.75, 3.05) is 0 Å². The number of nitrogens with one attached hydrogen (secondary N) is 2. The molecule has 0 bridgehead atoms. The Balaban J connectivity index is 1.56. The molecule has 1 unspecified atom stereocenters. The summed E-state index contributed by atoms with van der Waals surface area (Å²) in [6, 6.07) is 22.0. The molecule has 172 valence electrons. The number of hydrazone groups is 1. The van der Waals surface area contributed by atoms with Crippen LogP contribution in [0.4, 0.5) is 0 Å². The number of carbonyl (C=O) groups excluding carboxylic acids is 2. The van der Waals surface area contributed by atoms with Crippen molar-refractivity contribution in [3.8, 4) is 0 Å². The fraction of sp³-hybridized carbons (Fsp3) is 0.148. The van der Waals surface area contributed by atoms with Gasteiger partial charge in [0.25, 0.3) is 11.8 Å². The summed E-state index contributed by atoms with van der Waals surface area (Å²) in [5.41, 5.74) is 3.74. The molecule has 4 aromatic rings. The topological polar surface area (TPSA) is 70.6 Å². The van der Waals surface area contributed by atoms with E-state index in [-0.39, 0.29) is 16.5 Å². The molecule has 5 nitrogen and oxygen atoms in total. The van der Waals surface area contributed by atoms with Crippen molar-refractivity contribution in [2.24, 2.45) is 11.0 Å². The van der Waals surface area contributed by atoms with E-state index in [4.69, 9.17) is 23.2 Å². The van der Waals surface area contributed by atoms with Crippen LogP contribution in [-0.4, -0.2) is 24.1 Å². The Bertz CT molecular complexity index is 1360. The lowest BCUT2D eigenvalue weighted by Gasteiger charge is -2.20. The molecule has 0 radical (unpaired) electrons. The van der Waals surface area contributed by atoms with E-state index in [1.54, 1.807) is 12.3 Å². The number of fused-ring (bicyclic) bond motifs is 2. The highest BCUT2D eigenvalue weighted by Crippen LogP contribution is 2.27. The number of halogens is 2. The van der Waals surface area contributed by atoms with E-state index in [1.165, 1.54) is 12.1 Å². The predicted molar refractivity (Wildman–Crippen MR) is 140 cm³/mol. The first-order valence-electron chi connectivity index (χ1n) is 10.8. The lowest BCUT2D eigenvalue weighted by molar-refractivity contribution is -0.123. The zero-order valence-corrected chi connectivity index (χ0v) is 20.2. The van der Waals surface area contributed by atoms with E-state index >= 15 is 0 Å². The van der Waals surface area contributed by atoms with Gasteiger partial charge in [-0.25, -0.2) is 5.43 Å². The molecule has 0 aliphatic rings. The number of carbonyl (C=O) groups is 2. The molecule has 7 heteroatoms. The minimum absolute atomic E-state index is 0.177. The first kappa shape index (κ1) is 23.7. The molecular weight excluding hydrogens is 469 g/mol. The van der Waals surface area contributed by atoms with Crippen LogP contribution in [0.2, 0.25) is 10.0 Å². The average molecular weight is 492 g/mol. The van der Waals surface area contributed by atoms with Crippen LogP contribution in [0, 0.1) is 5.92 Å². The van der Waals surface area contributed by atoms with Crippen LogP contribution in [0.1, 0.15) is 29.8 Å². The van der Waals surface area contributed by atoms with Gasteiger partial charge in [-0.15, -0.1) is 0 Å². The molecule has 0 saturated heterocycles. The van der Waals surface area contributed by atoms with Crippen LogP contribution in [0.25, 0.3) is 21.5 Å². The van der Waals surface area contributed by atoms with Crippen molar-refractivity contribution in [1.29, 1.82) is 0 Å². The molecule has 4 rings (SSSR count). The van der Waals surface area contributed by atoms with Crippen LogP contribution in [-0.2, 0) is 4.79 Å². The predicted octanol–water partition coefficient (Wildman–Crippen LogP) is 6.20. The summed E-state index contributed by atoms with van der Waals surface area (Å²) in [6.07, 6.45) is 1.65. The summed E-state index contributed by atoms with van der Waals surface area (Å²) in [7, 11) is 0. The molecule has 0 heterocycles. The van der Waals surface area contributed by atoms with E-state index in [0.29, 0.717) is 5.02 Å². The summed E-state index contributed by atoms with van der Waals surface area (Å²) >= 11 is 12.1. The van der Waals surface area contributed by atoms with Crippen molar-refractivity contribution in [3.05, 3.63) is 94.0 Å². The fourth-order valence-corrected chi connectivity index (χ4v) is 4.34. The van der Waals surface area contributed by atoms with Crippen molar-refractivity contribution in [3.63, 3.8) is 0 Å². The smallest absolute Gasteiger partial charge is 0.262 e. The summed E-state index contributed by atoms with van der Waals surface area (Å²) in [5, 5.41) is 11.9. The number of nitrogens with zero attached hydrogens (tertiary/aromatic N) is 1. The van der Waals surface area contributed by atoms with Gasteiger partial charge in [-0.2, -0.15) is 5.10 Å². The van der Waals surface area contributed by atoms with Gasteiger partial charge in [0.05, 0.1) is 16.8 Å². The standard InChI is InChI=1S/C27H23Cl2N3O2/c1-16(2)25(31-26(33)22-12-11-19(28)14-24(22)29)27(34)32-30-15-23-20-9-5-3-7-17(20)13-18-8-4-6-10-21(18)23/h3-16,25H,1-2H3,(H,31,33)(H,32,34). The van der Waals surface area contributed by atoms with Crippen molar-refractivity contribution in [2.45, 2.75) is 19.9 Å². The molecular formula is C27H23Cl2N3O2.